The molecular formula is C15H23NO2. The molecule has 0 aromatic heterocycles. The van der Waals surface area contributed by atoms with Crippen LogP contribution < -0.4 is 5.73 Å². The third kappa shape index (κ3) is 3.10. The standard InChI is InChI=1S/C15H23NO2/c1-11(2)15(16,12-9-7-6-8-10-12)13(17)18-14(3,4)5/h6-11H,16H2,1-5H3. The monoisotopic (exact) mass is 249 g/mol. The van der Waals surface area contributed by atoms with Gasteiger partial charge in [-0.05, 0) is 32.3 Å². The van der Waals surface area contributed by atoms with Crippen molar-refractivity contribution < 1.29 is 9.53 Å². The summed E-state index contributed by atoms with van der Waals surface area (Å²) in [7, 11) is 0. The van der Waals surface area contributed by atoms with E-state index in [-0.39, 0.29) is 11.9 Å². The van der Waals surface area contributed by atoms with E-state index in [1.807, 2.05) is 65.0 Å². The first-order valence-corrected chi connectivity index (χ1v) is 6.26. The maximum Gasteiger partial charge on any atom is 0.331 e. The largest absolute Gasteiger partial charge is 0.458 e. The molecule has 0 amide bonds. The van der Waals surface area contributed by atoms with Crippen LogP contribution in [-0.4, -0.2) is 11.6 Å². The second-order valence-corrected chi connectivity index (χ2v) is 5.89. The summed E-state index contributed by atoms with van der Waals surface area (Å²) in [5.74, 6) is -0.425. The zero-order valence-corrected chi connectivity index (χ0v) is 11.9. The summed E-state index contributed by atoms with van der Waals surface area (Å²) < 4.78 is 5.45. The van der Waals surface area contributed by atoms with Crippen LogP contribution in [0.25, 0.3) is 0 Å². The van der Waals surface area contributed by atoms with Gasteiger partial charge in [-0.25, -0.2) is 4.79 Å². The number of esters is 1. The Labute approximate surface area is 109 Å². The van der Waals surface area contributed by atoms with Gasteiger partial charge in [-0.2, -0.15) is 0 Å². The second-order valence-electron chi connectivity index (χ2n) is 5.89. The van der Waals surface area contributed by atoms with Crippen LogP contribution in [0.15, 0.2) is 30.3 Å². The van der Waals surface area contributed by atoms with Crippen molar-refractivity contribution in [3.8, 4) is 0 Å². The third-order valence-electron chi connectivity index (χ3n) is 2.90. The summed E-state index contributed by atoms with van der Waals surface area (Å²) in [6, 6.07) is 9.39. The summed E-state index contributed by atoms with van der Waals surface area (Å²) in [5.41, 5.74) is 5.49. The highest BCUT2D eigenvalue weighted by atomic mass is 16.6. The zero-order valence-electron chi connectivity index (χ0n) is 11.9. The van der Waals surface area contributed by atoms with Gasteiger partial charge in [0.1, 0.15) is 11.1 Å². The third-order valence-corrected chi connectivity index (χ3v) is 2.90. The quantitative estimate of drug-likeness (QED) is 0.838. The van der Waals surface area contributed by atoms with Crippen molar-refractivity contribution in [3.05, 3.63) is 35.9 Å². The molecule has 0 saturated heterocycles. The Morgan fingerprint density at radius 1 is 1.17 bits per heavy atom. The maximum atomic E-state index is 12.4. The normalized spacial score (nSPS) is 15.3. The van der Waals surface area contributed by atoms with Gasteiger partial charge in [0, 0.05) is 0 Å². The number of hydrogen-bond donors (Lipinski definition) is 1. The zero-order chi connectivity index (χ0) is 14.0. The second kappa shape index (κ2) is 5.11. The molecule has 1 atom stereocenters. The van der Waals surface area contributed by atoms with Crippen LogP contribution >= 0.6 is 0 Å². The van der Waals surface area contributed by atoms with Crippen LogP contribution in [0.1, 0.15) is 40.2 Å². The molecule has 100 valence electrons. The van der Waals surface area contributed by atoms with Crippen LogP contribution in [0.5, 0.6) is 0 Å². The van der Waals surface area contributed by atoms with E-state index in [1.165, 1.54) is 0 Å². The fourth-order valence-corrected chi connectivity index (χ4v) is 1.76. The van der Waals surface area contributed by atoms with Gasteiger partial charge in [0.05, 0.1) is 0 Å². The molecule has 0 bridgehead atoms. The lowest BCUT2D eigenvalue weighted by atomic mass is 9.80. The molecule has 0 radical (unpaired) electrons. The Bertz CT molecular complexity index is 406. The Hall–Kier alpha value is -1.35. The van der Waals surface area contributed by atoms with Crippen molar-refractivity contribution in [2.45, 2.75) is 45.8 Å². The highest BCUT2D eigenvalue weighted by Crippen LogP contribution is 2.29. The summed E-state index contributed by atoms with van der Waals surface area (Å²) in [5, 5.41) is 0. The molecule has 0 aliphatic rings. The molecule has 3 heteroatoms. The van der Waals surface area contributed by atoms with Crippen molar-refractivity contribution in [2.24, 2.45) is 11.7 Å². The van der Waals surface area contributed by atoms with Crippen LogP contribution in [0.4, 0.5) is 0 Å². The molecule has 0 fully saturated rings. The van der Waals surface area contributed by atoms with E-state index in [2.05, 4.69) is 0 Å². The van der Waals surface area contributed by atoms with Gasteiger partial charge in [-0.1, -0.05) is 44.2 Å². The Morgan fingerprint density at radius 2 is 1.67 bits per heavy atom. The van der Waals surface area contributed by atoms with Crippen molar-refractivity contribution in [2.75, 3.05) is 0 Å². The van der Waals surface area contributed by atoms with E-state index in [9.17, 15) is 4.79 Å². The lowest BCUT2D eigenvalue weighted by molar-refractivity contribution is -0.164. The molecule has 2 N–H and O–H groups in total. The van der Waals surface area contributed by atoms with E-state index in [4.69, 9.17) is 10.5 Å². The molecule has 1 aromatic carbocycles. The molecular weight excluding hydrogens is 226 g/mol. The SMILES string of the molecule is CC(C)C(N)(C(=O)OC(C)(C)C)c1ccccc1. The van der Waals surface area contributed by atoms with Crippen molar-refractivity contribution in [3.63, 3.8) is 0 Å². The maximum absolute atomic E-state index is 12.4. The number of benzene rings is 1. The fourth-order valence-electron chi connectivity index (χ4n) is 1.76. The Balaban J connectivity index is 3.13. The van der Waals surface area contributed by atoms with E-state index in [0.717, 1.165) is 5.56 Å². The van der Waals surface area contributed by atoms with Gasteiger partial charge in [0.25, 0.3) is 0 Å². The Morgan fingerprint density at radius 3 is 2.06 bits per heavy atom. The number of ether oxygens (including phenoxy) is 1. The van der Waals surface area contributed by atoms with Crippen LogP contribution in [0, 0.1) is 5.92 Å². The predicted molar refractivity (Wildman–Crippen MR) is 73.0 cm³/mol. The van der Waals surface area contributed by atoms with Crippen LogP contribution in [0.2, 0.25) is 0 Å². The van der Waals surface area contributed by atoms with Crippen LogP contribution in [0.3, 0.4) is 0 Å². The topological polar surface area (TPSA) is 52.3 Å². The first-order chi connectivity index (χ1) is 8.18. The minimum Gasteiger partial charge on any atom is -0.458 e. The minimum atomic E-state index is -1.10. The summed E-state index contributed by atoms with van der Waals surface area (Å²) in [4.78, 5) is 12.4. The van der Waals surface area contributed by atoms with Crippen LogP contribution in [-0.2, 0) is 15.1 Å². The van der Waals surface area contributed by atoms with Crippen molar-refractivity contribution in [1.29, 1.82) is 0 Å². The molecule has 0 heterocycles. The van der Waals surface area contributed by atoms with Gasteiger partial charge in [-0.3, -0.25) is 0 Å². The molecule has 1 rings (SSSR count). The minimum absolute atomic E-state index is 0.0465. The number of rotatable bonds is 3. The summed E-state index contributed by atoms with van der Waals surface area (Å²) >= 11 is 0. The first kappa shape index (κ1) is 14.7. The molecule has 18 heavy (non-hydrogen) atoms. The molecule has 1 unspecified atom stereocenters. The van der Waals surface area contributed by atoms with E-state index < -0.39 is 11.1 Å². The molecule has 0 saturated carbocycles. The number of carbonyl (C=O) groups excluding carboxylic acids is 1. The van der Waals surface area contributed by atoms with E-state index in [1.54, 1.807) is 0 Å². The lowest BCUT2D eigenvalue weighted by Gasteiger charge is -2.34. The molecule has 0 aliphatic carbocycles. The van der Waals surface area contributed by atoms with E-state index in [0.29, 0.717) is 0 Å². The average Bonchev–Trinajstić information content (AvgIpc) is 2.26. The van der Waals surface area contributed by atoms with Crippen molar-refractivity contribution in [1.82, 2.24) is 0 Å². The highest BCUT2D eigenvalue weighted by molar-refractivity contribution is 5.83. The number of carbonyl (C=O) groups is 1. The van der Waals surface area contributed by atoms with Gasteiger partial charge in [0.2, 0.25) is 0 Å². The van der Waals surface area contributed by atoms with Gasteiger partial charge < -0.3 is 10.5 Å². The smallest absolute Gasteiger partial charge is 0.331 e. The fraction of sp³-hybridized carbons (Fsp3) is 0.533. The summed E-state index contributed by atoms with van der Waals surface area (Å²) in [6.07, 6.45) is 0. The van der Waals surface area contributed by atoms with Gasteiger partial charge in [-0.15, -0.1) is 0 Å². The first-order valence-electron chi connectivity index (χ1n) is 6.26. The van der Waals surface area contributed by atoms with Crippen molar-refractivity contribution >= 4 is 5.97 Å². The molecule has 1 aromatic rings. The summed E-state index contributed by atoms with van der Waals surface area (Å²) in [6.45, 7) is 9.39. The number of hydrogen-bond acceptors (Lipinski definition) is 3. The van der Waals surface area contributed by atoms with E-state index >= 15 is 0 Å². The molecule has 3 nitrogen and oxygen atoms in total. The Kier molecular flexibility index (Phi) is 4.17. The highest BCUT2D eigenvalue weighted by Gasteiger charge is 2.42. The molecule has 0 aliphatic heterocycles. The number of nitrogens with two attached hydrogens (primary N) is 1. The molecule has 0 spiro atoms. The lowest BCUT2D eigenvalue weighted by Crippen LogP contribution is -2.52. The van der Waals surface area contributed by atoms with Gasteiger partial charge in [0.15, 0.2) is 0 Å². The predicted octanol–water partition coefficient (Wildman–Crippen LogP) is 2.84. The van der Waals surface area contributed by atoms with Gasteiger partial charge >= 0.3 is 5.97 Å². The average molecular weight is 249 g/mol.